The highest BCUT2D eigenvalue weighted by Crippen LogP contribution is 2.33. The molecule has 0 unspecified atom stereocenters. The van der Waals surface area contributed by atoms with E-state index in [1.54, 1.807) is 18.4 Å². The van der Waals surface area contributed by atoms with Crippen LogP contribution < -0.4 is 24.4 Å². The molecule has 6 rings (SSSR count). The Morgan fingerprint density at radius 1 is 0.977 bits per heavy atom. The lowest BCUT2D eigenvalue weighted by Gasteiger charge is -2.23. The molecule has 0 saturated carbocycles. The van der Waals surface area contributed by atoms with E-state index in [9.17, 15) is 9.59 Å². The van der Waals surface area contributed by atoms with E-state index in [1.165, 1.54) is 22.7 Å². The molecule has 1 aliphatic heterocycles. The van der Waals surface area contributed by atoms with E-state index >= 15 is 0 Å². The monoisotopic (exact) mass is 610 g/mol. The van der Waals surface area contributed by atoms with Crippen molar-refractivity contribution in [2.45, 2.75) is 33.4 Å². The van der Waals surface area contributed by atoms with Crippen LogP contribution >= 0.6 is 22.7 Å². The highest BCUT2D eigenvalue weighted by molar-refractivity contribution is 7.10. The van der Waals surface area contributed by atoms with Gasteiger partial charge in [0.1, 0.15) is 12.6 Å². The van der Waals surface area contributed by atoms with E-state index in [2.05, 4.69) is 29.3 Å². The van der Waals surface area contributed by atoms with Crippen LogP contribution in [0.25, 0.3) is 16.8 Å². The quantitative estimate of drug-likeness (QED) is 0.192. The van der Waals surface area contributed by atoms with Gasteiger partial charge in [-0.3, -0.25) is 9.36 Å². The molecule has 218 valence electrons. The fraction of sp³-hybridized carbons (Fsp3) is 0.206. The maximum Gasteiger partial charge on any atom is 0.338 e. The molecule has 2 aromatic heterocycles. The third-order valence-corrected chi connectivity index (χ3v) is 9.07. The molecule has 0 saturated heterocycles. The number of esters is 1. The number of ether oxygens (including phenoxy) is 3. The molecule has 1 atom stereocenters. The lowest BCUT2D eigenvalue weighted by molar-refractivity contribution is -0.139. The fourth-order valence-electron chi connectivity index (χ4n) is 5.23. The summed E-state index contributed by atoms with van der Waals surface area (Å²) in [5, 5.41) is 4.25. The van der Waals surface area contributed by atoms with Gasteiger partial charge in [-0.05, 0) is 72.3 Å². The van der Waals surface area contributed by atoms with Gasteiger partial charge in [-0.1, -0.05) is 65.9 Å². The van der Waals surface area contributed by atoms with E-state index in [-0.39, 0.29) is 12.2 Å². The predicted octanol–water partition coefficient (Wildman–Crippen LogP) is 5.99. The molecule has 5 aromatic rings. The Labute approximate surface area is 256 Å². The van der Waals surface area contributed by atoms with Crippen molar-refractivity contribution >= 4 is 45.5 Å². The summed E-state index contributed by atoms with van der Waals surface area (Å²) < 4.78 is 19.6. The first-order valence-electron chi connectivity index (χ1n) is 14.1. The van der Waals surface area contributed by atoms with Crippen molar-refractivity contribution in [1.29, 1.82) is 0 Å². The van der Waals surface area contributed by atoms with Gasteiger partial charge < -0.3 is 14.2 Å². The van der Waals surface area contributed by atoms with Crippen molar-refractivity contribution in [3.05, 3.63) is 125 Å². The highest BCUT2D eigenvalue weighted by atomic mass is 32.1. The molecule has 0 radical (unpaired) electrons. The van der Waals surface area contributed by atoms with Crippen molar-refractivity contribution in [2.24, 2.45) is 4.99 Å². The van der Waals surface area contributed by atoms with Gasteiger partial charge in [-0.2, -0.15) is 0 Å². The van der Waals surface area contributed by atoms with Crippen LogP contribution in [0.2, 0.25) is 0 Å². The lowest BCUT2D eigenvalue weighted by Crippen LogP contribution is -2.39. The topological polar surface area (TPSA) is 79.1 Å². The van der Waals surface area contributed by atoms with Crippen LogP contribution in [0.3, 0.4) is 0 Å². The van der Waals surface area contributed by atoms with Crippen LogP contribution in [0.5, 0.6) is 11.5 Å². The van der Waals surface area contributed by atoms with Gasteiger partial charge in [-0.15, -0.1) is 11.3 Å². The van der Waals surface area contributed by atoms with Crippen LogP contribution in [0.15, 0.2) is 99.2 Å². The summed E-state index contributed by atoms with van der Waals surface area (Å²) in [6.07, 6.45) is 1.83. The van der Waals surface area contributed by atoms with Gasteiger partial charge >= 0.3 is 5.97 Å². The Balaban J connectivity index is 1.36. The zero-order valence-electron chi connectivity index (χ0n) is 24.0. The minimum Gasteiger partial charge on any atom is -0.490 e. The van der Waals surface area contributed by atoms with Crippen LogP contribution in [0.4, 0.5) is 0 Å². The molecular weight excluding hydrogens is 581 g/mol. The molecule has 0 aliphatic carbocycles. The summed E-state index contributed by atoms with van der Waals surface area (Å²) in [6.45, 7) is 6.57. The van der Waals surface area contributed by atoms with Crippen molar-refractivity contribution in [1.82, 2.24) is 4.57 Å². The third kappa shape index (κ3) is 5.66. The number of hydrogen-bond donors (Lipinski definition) is 0. The summed E-state index contributed by atoms with van der Waals surface area (Å²) in [5.74, 6) is 0.763. The van der Waals surface area contributed by atoms with E-state index in [0.717, 1.165) is 26.8 Å². The van der Waals surface area contributed by atoms with Gasteiger partial charge in [0.05, 0.1) is 29.0 Å². The van der Waals surface area contributed by atoms with Crippen LogP contribution in [-0.4, -0.2) is 23.8 Å². The van der Waals surface area contributed by atoms with Crippen LogP contribution in [-0.2, 0) is 16.1 Å². The second kappa shape index (κ2) is 12.4. The molecule has 0 fully saturated rings. The van der Waals surface area contributed by atoms with Gasteiger partial charge in [0, 0.05) is 4.88 Å². The average Bonchev–Trinajstić information content (AvgIpc) is 3.65. The Morgan fingerprint density at radius 3 is 2.60 bits per heavy atom. The van der Waals surface area contributed by atoms with Crippen LogP contribution in [0, 0.1) is 0 Å². The Morgan fingerprint density at radius 2 is 1.81 bits per heavy atom. The largest absolute Gasteiger partial charge is 0.490 e. The van der Waals surface area contributed by atoms with E-state index in [0.29, 0.717) is 45.3 Å². The zero-order chi connectivity index (χ0) is 29.9. The predicted molar refractivity (Wildman–Crippen MR) is 171 cm³/mol. The summed E-state index contributed by atoms with van der Waals surface area (Å²) in [6, 6.07) is 23.3. The molecule has 0 N–H and O–H groups in total. The van der Waals surface area contributed by atoms with Crippen molar-refractivity contribution in [3.8, 4) is 11.5 Å². The van der Waals surface area contributed by atoms with Gasteiger partial charge in [0.25, 0.3) is 5.56 Å². The van der Waals surface area contributed by atoms with Crippen LogP contribution in [0.1, 0.15) is 42.8 Å². The lowest BCUT2D eigenvalue weighted by atomic mass is 10.0. The molecular formula is C34H30N2O5S2. The standard InChI is InChI=1S/C34H30N2O5S2/c1-4-39-27-18-22(15-16-26(27)41-20-24-12-8-11-23-10-6-7-13-25(23)24)19-29-32(37)36-31(28-14-9-17-42-28)30(33(38)40-5-2)21(3)35-34(36)43-29/h6-19,31H,4-5,20H2,1-3H3/b29-19-/t31-/m0/s1. The molecule has 7 nitrogen and oxygen atoms in total. The molecule has 1 aliphatic rings. The maximum atomic E-state index is 13.9. The minimum atomic E-state index is -0.596. The number of allylic oxidation sites excluding steroid dienone is 1. The number of aromatic nitrogens is 1. The molecule has 9 heteroatoms. The highest BCUT2D eigenvalue weighted by Gasteiger charge is 2.33. The second-order valence-corrected chi connectivity index (χ2v) is 11.9. The normalized spacial score (nSPS) is 14.9. The van der Waals surface area contributed by atoms with Crippen molar-refractivity contribution in [2.75, 3.05) is 13.2 Å². The molecule has 3 heterocycles. The number of hydrogen-bond acceptors (Lipinski definition) is 8. The summed E-state index contributed by atoms with van der Waals surface area (Å²) in [7, 11) is 0. The van der Waals surface area contributed by atoms with E-state index < -0.39 is 12.0 Å². The van der Waals surface area contributed by atoms with Gasteiger partial charge in [-0.25, -0.2) is 9.79 Å². The fourth-order valence-corrected chi connectivity index (χ4v) is 7.10. The minimum absolute atomic E-state index is 0.217. The smallest absolute Gasteiger partial charge is 0.338 e. The SMILES string of the molecule is CCOC(=O)C1=C(C)N=c2s/c(=C\c3ccc(OCc4cccc5ccccc45)c(OCC)c3)c(=O)n2[C@H]1c1cccs1. The maximum absolute atomic E-state index is 13.9. The first-order chi connectivity index (χ1) is 21.0. The Bertz CT molecular complexity index is 2020. The molecule has 0 bridgehead atoms. The summed E-state index contributed by atoms with van der Waals surface area (Å²) in [5.41, 5.74) is 2.60. The first kappa shape index (κ1) is 28.6. The van der Waals surface area contributed by atoms with Crippen molar-refractivity contribution < 1.29 is 19.0 Å². The summed E-state index contributed by atoms with van der Waals surface area (Å²) >= 11 is 2.78. The number of thiophene rings is 1. The number of rotatable bonds is 9. The Hall–Kier alpha value is -4.47. The van der Waals surface area contributed by atoms with Gasteiger partial charge in [0.15, 0.2) is 16.3 Å². The molecule has 0 spiro atoms. The average molecular weight is 611 g/mol. The molecule has 43 heavy (non-hydrogen) atoms. The number of carbonyl (C=O) groups is 1. The molecule has 0 amide bonds. The number of benzene rings is 3. The summed E-state index contributed by atoms with van der Waals surface area (Å²) in [4.78, 5) is 32.9. The van der Waals surface area contributed by atoms with E-state index in [1.807, 2.05) is 66.9 Å². The number of fused-ring (bicyclic) bond motifs is 2. The number of carbonyl (C=O) groups excluding carboxylic acids is 1. The van der Waals surface area contributed by atoms with E-state index in [4.69, 9.17) is 14.2 Å². The number of nitrogens with zero attached hydrogens (tertiary/aromatic N) is 2. The third-order valence-electron chi connectivity index (χ3n) is 7.16. The Kier molecular flexibility index (Phi) is 8.26. The molecule has 3 aromatic carbocycles. The van der Waals surface area contributed by atoms with Gasteiger partial charge in [0.2, 0.25) is 0 Å². The zero-order valence-corrected chi connectivity index (χ0v) is 25.7. The first-order valence-corrected chi connectivity index (χ1v) is 15.8. The number of thiazole rings is 1. The van der Waals surface area contributed by atoms with Crippen molar-refractivity contribution in [3.63, 3.8) is 0 Å². The second-order valence-electron chi connectivity index (χ2n) is 9.88.